The van der Waals surface area contributed by atoms with E-state index in [1.165, 1.54) is 0 Å². The maximum absolute atomic E-state index is 14.1. The number of urea groups is 1. The number of aryl methyl sites for hydroxylation is 1. The normalized spacial score (nSPS) is 14.6. The third kappa shape index (κ3) is 7.19. The molecule has 230 valence electrons. The van der Waals surface area contributed by atoms with E-state index < -0.39 is 6.03 Å². The number of anilines is 2. The number of hydrogen-bond donors (Lipinski definition) is 3. The van der Waals surface area contributed by atoms with Gasteiger partial charge in [0.2, 0.25) is 0 Å². The fraction of sp³-hybridized carbons (Fsp3) is 0.361. The summed E-state index contributed by atoms with van der Waals surface area (Å²) in [4.78, 5) is 27.7. The van der Waals surface area contributed by atoms with Crippen LogP contribution in [-0.4, -0.2) is 41.8 Å². The summed E-state index contributed by atoms with van der Waals surface area (Å²) in [6.45, 7) is 10.0. The second-order valence-corrected chi connectivity index (χ2v) is 12.6. The maximum Gasteiger partial charge on any atom is 0.324 e. The predicted molar refractivity (Wildman–Crippen MR) is 176 cm³/mol. The minimum Gasteiger partial charge on any atom is -0.496 e. The number of hydrogen-bond acceptors (Lipinski definition) is 5. The van der Waals surface area contributed by atoms with Crippen molar-refractivity contribution in [3.63, 3.8) is 0 Å². The summed E-state index contributed by atoms with van der Waals surface area (Å²) in [6, 6.07) is 24.9. The predicted octanol–water partition coefficient (Wildman–Crippen LogP) is 7.03. The molecule has 0 spiro atoms. The molecule has 1 aliphatic rings. The van der Waals surface area contributed by atoms with E-state index in [2.05, 4.69) is 36.7 Å². The number of benzene rings is 3. The molecule has 2 amide bonds. The molecule has 1 unspecified atom stereocenters. The van der Waals surface area contributed by atoms with Crippen LogP contribution in [0.1, 0.15) is 61.9 Å². The molecule has 3 N–H and O–H groups in total. The zero-order valence-electron chi connectivity index (χ0n) is 26.3. The largest absolute Gasteiger partial charge is 0.496 e. The minimum absolute atomic E-state index is 0.114. The lowest BCUT2D eigenvalue weighted by atomic mass is 9.76. The summed E-state index contributed by atoms with van der Waals surface area (Å²) >= 11 is 0. The fourth-order valence-electron chi connectivity index (χ4n) is 5.89. The van der Waals surface area contributed by atoms with E-state index in [0.29, 0.717) is 17.3 Å². The Morgan fingerprint density at radius 2 is 1.66 bits per heavy atom. The highest BCUT2D eigenvalue weighted by Crippen LogP contribution is 2.37. The van der Waals surface area contributed by atoms with Crippen LogP contribution in [0, 0.1) is 12.8 Å². The van der Waals surface area contributed by atoms with E-state index in [1.807, 2.05) is 85.8 Å². The van der Waals surface area contributed by atoms with Crippen LogP contribution >= 0.6 is 0 Å². The minimum atomic E-state index is -0.396. The molecule has 0 bridgehead atoms. The average Bonchev–Trinajstić information content (AvgIpc) is 3.43. The highest BCUT2D eigenvalue weighted by Gasteiger charge is 2.33. The first-order valence-corrected chi connectivity index (χ1v) is 15.3. The Hall–Kier alpha value is -4.43. The van der Waals surface area contributed by atoms with Crippen molar-refractivity contribution in [3.05, 3.63) is 101 Å². The lowest BCUT2D eigenvalue weighted by Gasteiger charge is -2.31. The average molecular weight is 594 g/mol. The van der Waals surface area contributed by atoms with E-state index in [-0.39, 0.29) is 29.5 Å². The molecule has 1 atom stereocenters. The Labute approximate surface area is 260 Å². The van der Waals surface area contributed by atoms with Gasteiger partial charge >= 0.3 is 6.03 Å². The van der Waals surface area contributed by atoms with Gasteiger partial charge in [-0.3, -0.25) is 10.1 Å². The van der Waals surface area contributed by atoms with E-state index in [1.54, 1.807) is 11.8 Å². The van der Waals surface area contributed by atoms with Gasteiger partial charge in [-0.15, -0.1) is 0 Å². The van der Waals surface area contributed by atoms with Gasteiger partial charge in [-0.2, -0.15) is 5.10 Å². The number of nitrogens with zero attached hydrogens (tertiary/aromatic N) is 2. The molecular weight excluding hydrogens is 550 g/mol. The van der Waals surface area contributed by atoms with Gasteiger partial charge in [-0.05, 0) is 68.6 Å². The van der Waals surface area contributed by atoms with Gasteiger partial charge in [0.05, 0.1) is 18.5 Å². The SMILES string of the molecule is COc1ccccc1CC(=O)C(c1ccccc1NC(=O)Nc1cc(C(C)(C)C)nn1-c1ccc(C)cc1)C1CCNCC1. The van der Waals surface area contributed by atoms with Gasteiger partial charge in [-0.1, -0.05) is 74.9 Å². The standard InChI is InChI=1S/C36H43N5O3/c1-24-14-16-27(17-15-24)41-33(23-32(40-41)36(2,3)4)39-35(43)38-29-12-8-7-11-28(29)34(25-18-20-37-21-19-25)30(42)22-26-10-6-9-13-31(26)44-5/h6-17,23,25,34,37H,18-22H2,1-5H3,(H2,38,39,43). The van der Waals surface area contributed by atoms with Crippen molar-refractivity contribution in [2.24, 2.45) is 5.92 Å². The number of Topliss-reactive ketones (excluding diaryl/α,β-unsaturated/α-hetero) is 1. The molecular formula is C36H43N5O3. The topological polar surface area (TPSA) is 97.3 Å². The number of para-hydroxylation sites is 2. The van der Waals surface area contributed by atoms with Crippen molar-refractivity contribution in [2.45, 2.75) is 58.3 Å². The molecule has 1 aliphatic heterocycles. The fourth-order valence-corrected chi connectivity index (χ4v) is 5.89. The molecule has 2 heterocycles. The van der Waals surface area contributed by atoms with Crippen molar-refractivity contribution in [2.75, 3.05) is 30.8 Å². The molecule has 1 saturated heterocycles. The third-order valence-corrected chi connectivity index (χ3v) is 8.30. The molecule has 8 heteroatoms. The Morgan fingerprint density at radius 1 is 0.977 bits per heavy atom. The first-order chi connectivity index (χ1) is 21.1. The number of aromatic nitrogens is 2. The molecule has 3 aromatic carbocycles. The van der Waals surface area contributed by atoms with Crippen LogP contribution in [-0.2, 0) is 16.6 Å². The summed E-state index contributed by atoms with van der Waals surface area (Å²) in [5.74, 6) is 1.17. The van der Waals surface area contributed by atoms with Crippen LogP contribution in [0.3, 0.4) is 0 Å². The lowest BCUT2D eigenvalue weighted by molar-refractivity contribution is -0.121. The van der Waals surface area contributed by atoms with Crippen LogP contribution in [0.5, 0.6) is 5.75 Å². The van der Waals surface area contributed by atoms with Crippen LogP contribution in [0.15, 0.2) is 78.9 Å². The summed E-state index contributed by atoms with van der Waals surface area (Å²) in [5.41, 5.74) is 4.97. The van der Waals surface area contributed by atoms with E-state index in [0.717, 1.165) is 54.0 Å². The first-order valence-electron chi connectivity index (χ1n) is 15.3. The zero-order valence-corrected chi connectivity index (χ0v) is 26.3. The van der Waals surface area contributed by atoms with Crippen molar-refractivity contribution in [1.82, 2.24) is 15.1 Å². The maximum atomic E-state index is 14.1. The van der Waals surface area contributed by atoms with Crippen LogP contribution in [0.4, 0.5) is 16.3 Å². The number of piperidine rings is 1. The number of nitrogens with one attached hydrogen (secondary N) is 3. The summed E-state index contributed by atoms with van der Waals surface area (Å²) < 4.78 is 7.31. The Kier molecular flexibility index (Phi) is 9.49. The van der Waals surface area contributed by atoms with Gasteiger partial charge in [0.15, 0.2) is 0 Å². The molecule has 1 fully saturated rings. The first kappa shape index (κ1) is 31.0. The van der Waals surface area contributed by atoms with Crippen molar-refractivity contribution in [1.29, 1.82) is 0 Å². The number of ketones is 1. The zero-order chi connectivity index (χ0) is 31.3. The highest BCUT2D eigenvalue weighted by atomic mass is 16.5. The molecule has 4 aromatic rings. The van der Waals surface area contributed by atoms with Gasteiger partial charge in [0, 0.05) is 35.1 Å². The summed E-state index contributed by atoms with van der Waals surface area (Å²) in [5, 5.41) is 14.4. The van der Waals surface area contributed by atoms with Crippen molar-refractivity contribution < 1.29 is 14.3 Å². The second kappa shape index (κ2) is 13.5. The summed E-state index contributed by atoms with van der Waals surface area (Å²) in [6.07, 6.45) is 2.02. The Morgan fingerprint density at radius 3 is 2.36 bits per heavy atom. The number of carbonyl (C=O) groups is 2. The van der Waals surface area contributed by atoms with Gasteiger partial charge < -0.3 is 15.4 Å². The van der Waals surface area contributed by atoms with Crippen molar-refractivity contribution in [3.8, 4) is 11.4 Å². The van der Waals surface area contributed by atoms with Crippen LogP contribution < -0.4 is 20.7 Å². The molecule has 0 saturated carbocycles. The number of carbonyl (C=O) groups excluding carboxylic acids is 2. The van der Waals surface area contributed by atoms with Gasteiger partial charge in [0.25, 0.3) is 0 Å². The van der Waals surface area contributed by atoms with E-state index in [9.17, 15) is 9.59 Å². The quantitative estimate of drug-likeness (QED) is 0.194. The Bertz CT molecular complexity index is 1600. The second-order valence-electron chi connectivity index (χ2n) is 12.6. The molecule has 5 rings (SSSR count). The van der Waals surface area contributed by atoms with Crippen molar-refractivity contribution >= 4 is 23.3 Å². The van der Waals surface area contributed by atoms with E-state index >= 15 is 0 Å². The number of methoxy groups -OCH3 is 1. The molecule has 1 aromatic heterocycles. The number of ether oxygens (including phenoxy) is 1. The smallest absolute Gasteiger partial charge is 0.324 e. The lowest BCUT2D eigenvalue weighted by Crippen LogP contribution is -2.34. The Balaban J connectivity index is 1.44. The van der Waals surface area contributed by atoms with Gasteiger partial charge in [0.1, 0.15) is 17.4 Å². The number of rotatable bonds is 9. The van der Waals surface area contributed by atoms with Crippen LogP contribution in [0.2, 0.25) is 0 Å². The highest BCUT2D eigenvalue weighted by molar-refractivity contribution is 6.01. The monoisotopic (exact) mass is 593 g/mol. The molecule has 0 radical (unpaired) electrons. The molecule has 0 aliphatic carbocycles. The van der Waals surface area contributed by atoms with Gasteiger partial charge in [-0.25, -0.2) is 9.48 Å². The molecule has 8 nitrogen and oxygen atoms in total. The summed E-state index contributed by atoms with van der Waals surface area (Å²) in [7, 11) is 1.63. The molecule has 44 heavy (non-hydrogen) atoms. The van der Waals surface area contributed by atoms with Crippen LogP contribution in [0.25, 0.3) is 5.69 Å². The van der Waals surface area contributed by atoms with E-state index in [4.69, 9.17) is 9.84 Å². The number of amides is 2. The third-order valence-electron chi connectivity index (χ3n) is 8.30.